The summed E-state index contributed by atoms with van der Waals surface area (Å²) in [5.74, 6) is 1.22. The summed E-state index contributed by atoms with van der Waals surface area (Å²) in [5, 5.41) is 5.78. The molecule has 0 atom stereocenters. The van der Waals surface area contributed by atoms with E-state index in [4.69, 9.17) is 19.8 Å². The minimum Gasteiger partial charge on any atom is -0.466 e. The van der Waals surface area contributed by atoms with Crippen LogP contribution in [0.25, 0.3) is 16.7 Å². The highest BCUT2D eigenvalue weighted by atomic mass is 16.5. The first kappa shape index (κ1) is 26.3. The first-order valence-electron chi connectivity index (χ1n) is 13.5. The van der Waals surface area contributed by atoms with Crippen molar-refractivity contribution in [3.8, 4) is 5.69 Å². The van der Waals surface area contributed by atoms with Gasteiger partial charge in [-0.15, -0.1) is 0 Å². The maximum atomic E-state index is 12.7. The zero-order chi connectivity index (χ0) is 27.4. The lowest BCUT2D eigenvalue weighted by Crippen LogP contribution is -2.49. The molecule has 9 heteroatoms. The molecule has 0 bridgehead atoms. The number of amides is 1. The number of carbonyl (C=O) groups excluding carboxylic acids is 2. The van der Waals surface area contributed by atoms with Crippen molar-refractivity contribution in [3.05, 3.63) is 77.2 Å². The van der Waals surface area contributed by atoms with Crippen molar-refractivity contribution in [2.75, 3.05) is 37.7 Å². The number of aromatic nitrogens is 4. The average Bonchev–Trinajstić information content (AvgIpc) is 3.29. The fraction of sp³-hybridized carbons (Fsp3) is 0.367. The van der Waals surface area contributed by atoms with E-state index >= 15 is 0 Å². The van der Waals surface area contributed by atoms with E-state index in [0.29, 0.717) is 39.2 Å². The summed E-state index contributed by atoms with van der Waals surface area (Å²) in [5.41, 5.74) is 4.93. The number of hydrogen-bond donors (Lipinski definition) is 0. The Morgan fingerprint density at radius 3 is 2.31 bits per heavy atom. The number of anilines is 1. The fourth-order valence-corrected chi connectivity index (χ4v) is 4.92. The van der Waals surface area contributed by atoms with Crippen molar-refractivity contribution in [2.24, 2.45) is 0 Å². The number of nitrogens with zero attached hydrogens (tertiary/aromatic N) is 6. The van der Waals surface area contributed by atoms with Crippen LogP contribution in [0.15, 0.2) is 54.6 Å². The third kappa shape index (κ3) is 5.92. The Labute approximate surface area is 228 Å². The molecule has 1 amide bonds. The second-order valence-corrected chi connectivity index (χ2v) is 9.83. The van der Waals surface area contributed by atoms with Crippen molar-refractivity contribution in [1.29, 1.82) is 0 Å². The summed E-state index contributed by atoms with van der Waals surface area (Å²) < 4.78 is 6.85. The summed E-state index contributed by atoms with van der Waals surface area (Å²) >= 11 is 0. The molecule has 5 rings (SSSR count). The summed E-state index contributed by atoms with van der Waals surface area (Å²) in [6.45, 7) is 8.55. The van der Waals surface area contributed by atoms with E-state index in [1.807, 2.05) is 46.8 Å². The molecule has 9 nitrogen and oxygen atoms in total. The van der Waals surface area contributed by atoms with Crippen molar-refractivity contribution in [1.82, 2.24) is 24.6 Å². The summed E-state index contributed by atoms with van der Waals surface area (Å²) in [6, 6.07) is 18.4. The summed E-state index contributed by atoms with van der Waals surface area (Å²) in [7, 11) is 0. The third-order valence-electron chi connectivity index (χ3n) is 6.99. The molecular formula is C30H34N6O3. The number of piperazine rings is 1. The molecule has 2 aromatic carbocycles. The van der Waals surface area contributed by atoms with Gasteiger partial charge in [-0.25, -0.2) is 14.6 Å². The highest BCUT2D eigenvalue weighted by Crippen LogP contribution is 2.30. The van der Waals surface area contributed by atoms with Crippen LogP contribution in [0.3, 0.4) is 0 Å². The van der Waals surface area contributed by atoms with Gasteiger partial charge in [-0.2, -0.15) is 5.10 Å². The molecule has 1 saturated heterocycles. The summed E-state index contributed by atoms with van der Waals surface area (Å²) in [4.78, 5) is 38.5. The van der Waals surface area contributed by atoms with E-state index in [0.717, 1.165) is 39.6 Å². The molecule has 1 fully saturated rings. The van der Waals surface area contributed by atoms with Crippen LogP contribution in [0.4, 0.5) is 5.82 Å². The molecule has 1 aliphatic rings. The van der Waals surface area contributed by atoms with Crippen LogP contribution >= 0.6 is 0 Å². The molecule has 202 valence electrons. The number of carbonyl (C=O) groups is 2. The van der Waals surface area contributed by atoms with Crippen LogP contribution in [0, 0.1) is 13.8 Å². The zero-order valence-corrected chi connectivity index (χ0v) is 22.8. The second-order valence-electron chi connectivity index (χ2n) is 9.83. The first-order valence-corrected chi connectivity index (χ1v) is 13.5. The summed E-state index contributed by atoms with van der Waals surface area (Å²) in [6.07, 6.45) is 0.883. The van der Waals surface area contributed by atoms with Crippen LogP contribution in [-0.2, 0) is 20.7 Å². The van der Waals surface area contributed by atoms with Gasteiger partial charge in [0.2, 0.25) is 5.91 Å². The van der Waals surface area contributed by atoms with Crippen LogP contribution < -0.4 is 4.90 Å². The zero-order valence-electron chi connectivity index (χ0n) is 22.8. The number of hydrogen-bond acceptors (Lipinski definition) is 7. The molecule has 0 spiro atoms. The molecule has 0 N–H and O–H groups in total. The Balaban J connectivity index is 1.44. The minimum atomic E-state index is -0.333. The number of para-hydroxylation sites is 1. The lowest BCUT2D eigenvalue weighted by atomic mass is 10.1. The predicted molar refractivity (Wildman–Crippen MR) is 150 cm³/mol. The van der Waals surface area contributed by atoms with Crippen LogP contribution in [0.1, 0.15) is 42.4 Å². The second kappa shape index (κ2) is 11.6. The standard InChI is InChI=1S/C30H34N6O3/c1-4-39-27(38)15-14-26(37)34-16-18-35(19-17-34)29-28-22(3)33-36(24-8-6-5-7-9-24)30(28)32-25(31-29)20-23-12-10-21(2)11-13-23/h5-13H,4,14-20H2,1-3H3. The highest BCUT2D eigenvalue weighted by molar-refractivity contribution is 5.91. The van der Waals surface area contributed by atoms with Gasteiger partial charge in [0.1, 0.15) is 11.6 Å². The van der Waals surface area contributed by atoms with Crippen LogP contribution in [0.5, 0.6) is 0 Å². The van der Waals surface area contributed by atoms with Gasteiger partial charge in [0.25, 0.3) is 0 Å². The van der Waals surface area contributed by atoms with Crippen molar-refractivity contribution in [3.63, 3.8) is 0 Å². The van der Waals surface area contributed by atoms with Gasteiger partial charge in [-0.05, 0) is 38.5 Å². The smallest absolute Gasteiger partial charge is 0.306 e. The van der Waals surface area contributed by atoms with Gasteiger partial charge >= 0.3 is 5.97 Å². The highest BCUT2D eigenvalue weighted by Gasteiger charge is 2.26. The number of benzene rings is 2. The lowest BCUT2D eigenvalue weighted by molar-refractivity contribution is -0.145. The third-order valence-corrected chi connectivity index (χ3v) is 6.99. The lowest BCUT2D eigenvalue weighted by Gasteiger charge is -2.35. The molecule has 3 heterocycles. The Morgan fingerprint density at radius 1 is 0.897 bits per heavy atom. The van der Waals surface area contributed by atoms with E-state index in [1.54, 1.807) is 6.92 Å². The molecular weight excluding hydrogens is 492 g/mol. The Morgan fingerprint density at radius 2 is 1.62 bits per heavy atom. The molecule has 2 aromatic heterocycles. The van der Waals surface area contributed by atoms with Gasteiger partial charge in [0.05, 0.1) is 29.8 Å². The molecule has 0 radical (unpaired) electrons. The van der Waals surface area contributed by atoms with E-state index in [1.165, 1.54) is 5.56 Å². The predicted octanol–water partition coefficient (Wildman–Crippen LogP) is 4.02. The number of rotatable bonds is 8. The number of fused-ring (bicyclic) bond motifs is 1. The number of esters is 1. The average molecular weight is 527 g/mol. The van der Waals surface area contributed by atoms with Gasteiger partial charge < -0.3 is 14.5 Å². The van der Waals surface area contributed by atoms with Crippen LogP contribution in [-0.4, -0.2) is 69.3 Å². The van der Waals surface area contributed by atoms with E-state index in [9.17, 15) is 9.59 Å². The topological polar surface area (TPSA) is 93.5 Å². The maximum absolute atomic E-state index is 12.7. The molecule has 0 unspecified atom stereocenters. The SMILES string of the molecule is CCOC(=O)CCC(=O)N1CCN(c2nc(Cc3ccc(C)cc3)nc3c2c(C)nn3-c2ccccc2)CC1. The van der Waals surface area contributed by atoms with E-state index < -0.39 is 0 Å². The van der Waals surface area contributed by atoms with Crippen molar-refractivity contribution < 1.29 is 14.3 Å². The molecule has 1 aliphatic heterocycles. The van der Waals surface area contributed by atoms with Crippen molar-refractivity contribution in [2.45, 2.75) is 40.0 Å². The molecule has 0 saturated carbocycles. The molecule has 0 aliphatic carbocycles. The fourth-order valence-electron chi connectivity index (χ4n) is 4.92. The number of ether oxygens (including phenoxy) is 1. The van der Waals surface area contributed by atoms with Gasteiger partial charge in [-0.1, -0.05) is 48.0 Å². The minimum absolute atomic E-state index is 0.0244. The Bertz CT molecular complexity index is 1460. The first-order chi connectivity index (χ1) is 18.9. The van der Waals surface area contributed by atoms with Gasteiger partial charge in [0, 0.05) is 39.0 Å². The number of aryl methyl sites for hydroxylation is 2. The van der Waals surface area contributed by atoms with E-state index in [2.05, 4.69) is 36.1 Å². The van der Waals surface area contributed by atoms with Gasteiger partial charge in [0.15, 0.2) is 5.65 Å². The maximum Gasteiger partial charge on any atom is 0.306 e. The molecule has 4 aromatic rings. The molecule has 39 heavy (non-hydrogen) atoms. The van der Waals surface area contributed by atoms with Gasteiger partial charge in [-0.3, -0.25) is 9.59 Å². The van der Waals surface area contributed by atoms with E-state index in [-0.39, 0.29) is 24.7 Å². The Hall–Kier alpha value is -4.27. The van der Waals surface area contributed by atoms with Crippen molar-refractivity contribution >= 4 is 28.7 Å². The Kier molecular flexibility index (Phi) is 7.86. The monoisotopic (exact) mass is 526 g/mol. The largest absolute Gasteiger partial charge is 0.466 e. The quantitative estimate of drug-likeness (QED) is 0.320. The van der Waals surface area contributed by atoms with Crippen LogP contribution in [0.2, 0.25) is 0 Å². The normalized spacial score (nSPS) is 13.6.